The van der Waals surface area contributed by atoms with Crippen LogP contribution in [0.4, 0.5) is 0 Å². The molecule has 0 radical (unpaired) electrons. The first-order valence-electron chi connectivity index (χ1n) is 9.56. The molecule has 4 rings (SSSR count). The molecule has 138 valence electrons. The summed E-state index contributed by atoms with van der Waals surface area (Å²) in [6.07, 6.45) is 7.39. The Labute approximate surface area is 152 Å². The molecule has 2 aromatic rings. The molecule has 0 N–H and O–H groups in total. The van der Waals surface area contributed by atoms with Crippen molar-refractivity contribution >= 4 is 17.0 Å². The Bertz CT molecular complexity index is 703. The predicted octanol–water partition coefficient (Wildman–Crippen LogP) is 4.21. The third-order valence-electron chi connectivity index (χ3n) is 5.28. The van der Waals surface area contributed by atoms with Gasteiger partial charge in [-0.3, -0.25) is 4.99 Å². The Morgan fingerprint density at radius 2 is 1.80 bits per heavy atom. The van der Waals surface area contributed by atoms with Crippen molar-refractivity contribution in [1.82, 2.24) is 19.4 Å². The van der Waals surface area contributed by atoms with Crippen molar-refractivity contribution in [1.29, 1.82) is 0 Å². The fraction of sp³-hybridized carbons (Fsp3) is 0.650. The van der Waals surface area contributed by atoms with Gasteiger partial charge in [-0.05, 0) is 44.7 Å². The van der Waals surface area contributed by atoms with Crippen LogP contribution in [-0.2, 0) is 7.05 Å². The van der Waals surface area contributed by atoms with E-state index >= 15 is 0 Å². The first-order valence-corrected chi connectivity index (χ1v) is 9.56. The van der Waals surface area contributed by atoms with Gasteiger partial charge in [0.2, 0.25) is 0 Å². The highest BCUT2D eigenvalue weighted by molar-refractivity contribution is 5.80. The number of rotatable bonds is 0. The lowest BCUT2D eigenvalue weighted by Gasteiger charge is -2.41. The van der Waals surface area contributed by atoms with Crippen LogP contribution in [0.15, 0.2) is 23.3 Å². The molecule has 0 aromatic carbocycles. The number of nitrogens with zero attached hydrogens (tertiary/aromatic N) is 5. The summed E-state index contributed by atoms with van der Waals surface area (Å²) in [5, 5.41) is 0. The number of hydrogen-bond acceptors (Lipinski definition) is 4. The largest absolute Gasteiger partial charge is 0.360 e. The van der Waals surface area contributed by atoms with Gasteiger partial charge in [0.15, 0.2) is 5.65 Å². The Balaban J connectivity index is 0.000000165. The van der Waals surface area contributed by atoms with Crippen molar-refractivity contribution in [2.75, 3.05) is 13.6 Å². The first-order chi connectivity index (χ1) is 12.1. The van der Waals surface area contributed by atoms with E-state index in [2.05, 4.69) is 33.8 Å². The fourth-order valence-electron chi connectivity index (χ4n) is 3.65. The van der Waals surface area contributed by atoms with Gasteiger partial charge in [0.1, 0.15) is 11.3 Å². The van der Waals surface area contributed by atoms with Crippen LogP contribution >= 0.6 is 0 Å². The van der Waals surface area contributed by atoms with Gasteiger partial charge in [-0.25, -0.2) is 9.97 Å². The average Bonchev–Trinajstić information content (AvgIpc) is 2.95. The van der Waals surface area contributed by atoms with E-state index in [0.29, 0.717) is 0 Å². The third-order valence-corrected chi connectivity index (χ3v) is 5.28. The summed E-state index contributed by atoms with van der Waals surface area (Å²) in [5.41, 5.74) is 1.91. The van der Waals surface area contributed by atoms with E-state index in [1.165, 1.54) is 31.5 Å². The van der Waals surface area contributed by atoms with Gasteiger partial charge >= 0.3 is 0 Å². The van der Waals surface area contributed by atoms with Gasteiger partial charge in [-0.2, -0.15) is 0 Å². The van der Waals surface area contributed by atoms with E-state index in [1.807, 2.05) is 44.5 Å². The number of aliphatic imine (C=N–C) groups is 1. The van der Waals surface area contributed by atoms with Crippen LogP contribution < -0.4 is 0 Å². The summed E-state index contributed by atoms with van der Waals surface area (Å²) in [4.78, 5) is 15.4. The number of pyridine rings is 1. The quantitative estimate of drug-likeness (QED) is 0.720. The van der Waals surface area contributed by atoms with Gasteiger partial charge in [0, 0.05) is 32.9 Å². The van der Waals surface area contributed by atoms with Crippen LogP contribution in [0.1, 0.15) is 52.3 Å². The van der Waals surface area contributed by atoms with E-state index in [1.54, 1.807) is 6.20 Å². The molecule has 5 nitrogen and oxygen atoms in total. The zero-order chi connectivity index (χ0) is 18.4. The average molecular weight is 344 g/mol. The molecule has 2 aromatic heterocycles. The molecule has 1 aliphatic carbocycles. The minimum Gasteiger partial charge on any atom is -0.360 e. The Morgan fingerprint density at radius 1 is 1.08 bits per heavy atom. The Kier molecular flexibility index (Phi) is 6.97. The Morgan fingerprint density at radius 3 is 2.52 bits per heavy atom. The molecule has 0 amide bonds. The van der Waals surface area contributed by atoms with Crippen molar-refractivity contribution in [2.45, 2.75) is 59.4 Å². The van der Waals surface area contributed by atoms with Crippen LogP contribution in [0.25, 0.3) is 11.2 Å². The molecule has 1 aliphatic heterocycles. The lowest BCUT2D eigenvalue weighted by atomic mass is 9.83. The van der Waals surface area contributed by atoms with Crippen LogP contribution in [0.3, 0.4) is 0 Å². The van der Waals surface area contributed by atoms with Crippen molar-refractivity contribution in [3.8, 4) is 0 Å². The summed E-state index contributed by atoms with van der Waals surface area (Å²) < 4.78 is 1.98. The maximum atomic E-state index is 4.54. The smallest absolute Gasteiger partial charge is 0.159 e. The summed E-state index contributed by atoms with van der Waals surface area (Å²) >= 11 is 0. The predicted molar refractivity (Wildman–Crippen MR) is 106 cm³/mol. The molecule has 5 heteroatoms. The monoisotopic (exact) mass is 343 g/mol. The molecule has 1 fully saturated rings. The minimum atomic E-state index is 0.802. The normalized spacial score (nSPS) is 22.2. The molecule has 3 heterocycles. The summed E-state index contributed by atoms with van der Waals surface area (Å²) in [6, 6.07) is 4.67. The van der Waals surface area contributed by atoms with Crippen molar-refractivity contribution in [3.05, 3.63) is 24.2 Å². The second-order valence-electron chi connectivity index (χ2n) is 6.67. The van der Waals surface area contributed by atoms with E-state index in [4.69, 9.17) is 0 Å². The van der Waals surface area contributed by atoms with Crippen molar-refractivity contribution < 1.29 is 0 Å². The summed E-state index contributed by atoms with van der Waals surface area (Å²) in [5.74, 6) is 3.09. The number of fused-ring (bicyclic) bond motifs is 2. The number of aryl methyl sites for hydroxylation is 2. The zero-order valence-electron chi connectivity index (χ0n) is 16.7. The molecular formula is C20H33N5. The standard InChI is InChI=1S/C10H18N2.C8H9N3.C2H6/c1-8-11-7-9-5-3-4-6-10(9)12(8)2;1-6-10-7-4-3-5-9-8(7)11(6)2;1-2/h9-10H,3-7H2,1-2H3;3-5H,1-2H3;1-2H3. The van der Waals surface area contributed by atoms with Crippen LogP contribution in [0, 0.1) is 12.8 Å². The van der Waals surface area contributed by atoms with E-state index in [0.717, 1.165) is 35.5 Å². The van der Waals surface area contributed by atoms with Gasteiger partial charge in [-0.1, -0.05) is 26.7 Å². The summed E-state index contributed by atoms with van der Waals surface area (Å²) in [7, 11) is 4.17. The number of imidazole rings is 1. The molecule has 2 unspecified atom stereocenters. The number of amidine groups is 1. The second kappa shape index (κ2) is 8.97. The molecule has 0 bridgehead atoms. The fourth-order valence-corrected chi connectivity index (χ4v) is 3.65. The Hall–Kier alpha value is -1.91. The minimum absolute atomic E-state index is 0.802. The second-order valence-corrected chi connectivity index (χ2v) is 6.67. The van der Waals surface area contributed by atoms with E-state index in [-0.39, 0.29) is 0 Å². The first kappa shape index (κ1) is 19.4. The number of aromatic nitrogens is 3. The molecule has 0 spiro atoms. The van der Waals surface area contributed by atoms with E-state index in [9.17, 15) is 0 Å². The molecule has 2 atom stereocenters. The highest BCUT2D eigenvalue weighted by atomic mass is 15.2. The highest BCUT2D eigenvalue weighted by Gasteiger charge is 2.31. The lowest BCUT2D eigenvalue weighted by Crippen LogP contribution is -2.47. The maximum Gasteiger partial charge on any atom is 0.159 e. The summed E-state index contributed by atoms with van der Waals surface area (Å²) in [6.45, 7) is 9.19. The molecule has 0 saturated heterocycles. The van der Waals surface area contributed by atoms with Crippen molar-refractivity contribution in [3.63, 3.8) is 0 Å². The van der Waals surface area contributed by atoms with Gasteiger partial charge in [0.05, 0.1) is 5.84 Å². The van der Waals surface area contributed by atoms with Crippen LogP contribution in [-0.4, -0.2) is 44.9 Å². The molecule has 1 saturated carbocycles. The van der Waals surface area contributed by atoms with E-state index < -0.39 is 0 Å². The van der Waals surface area contributed by atoms with Gasteiger partial charge in [0.25, 0.3) is 0 Å². The molecule has 25 heavy (non-hydrogen) atoms. The molecule has 2 aliphatic rings. The maximum absolute atomic E-state index is 4.54. The topological polar surface area (TPSA) is 46.3 Å². The van der Waals surface area contributed by atoms with Crippen LogP contribution in [0.2, 0.25) is 0 Å². The highest BCUT2D eigenvalue weighted by Crippen LogP contribution is 2.30. The lowest BCUT2D eigenvalue weighted by molar-refractivity contribution is 0.181. The zero-order valence-corrected chi connectivity index (χ0v) is 16.7. The third kappa shape index (κ3) is 4.39. The van der Waals surface area contributed by atoms with Gasteiger partial charge < -0.3 is 9.47 Å². The number of hydrogen-bond donors (Lipinski definition) is 0. The van der Waals surface area contributed by atoms with Gasteiger partial charge in [-0.15, -0.1) is 0 Å². The SMILES string of the molecule is CC.CC1=NCC2CCCCC2N1C.Cc1nc2cccnc2n1C. The molecular weight excluding hydrogens is 310 g/mol. The van der Waals surface area contributed by atoms with Crippen LogP contribution in [0.5, 0.6) is 0 Å². The van der Waals surface area contributed by atoms with Crippen molar-refractivity contribution in [2.24, 2.45) is 18.0 Å².